The zero-order valence-electron chi connectivity index (χ0n) is 9.31. The SMILES string of the molecule is Ic1cccc2c1ccn2Cc1ccccc1. The number of aromatic nitrogens is 1. The van der Waals surface area contributed by atoms with Gasteiger partial charge in [0, 0.05) is 27.2 Å². The Hall–Kier alpha value is -1.29. The summed E-state index contributed by atoms with van der Waals surface area (Å²) in [5.41, 5.74) is 2.64. The fourth-order valence-electron chi connectivity index (χ4n) is 2.10. The minimum Gasteiger partial charge on any atom is -0.343 e. The third kappa shape index (κ3) is 2.09. The van der Waals surface area contributed by atoms with Crippen LogP contribution in [-0.2, 0) is 6.54 Å². The quantitative estimate of drug-likeness (QED) is 0.617. The highest BCUT2D eigenvalue weighted by Gasteiger charge is 2.03. The predicted octanol–water partition coefficient (Wildman–Crippen LogP) is 4.29. The summed E-state index contributed by atoms with van der Waals surface area (Å²) in [7, 11) is 0. The fourth-order valence-corrected chi connectivity index (χ4v) is 2.77. The maximum Gasteiger partial charge on any atom is 0.0494 e. The van der Waals surface area contributed by atoms with Crippen LogP contribution in [0.2, 0.25) is 0 Å². The van der Waals surface area contributed by atoms with Gasteiger partial charge in [-0.05, 0) is 46.4 Å². The van der Waals surface area contributed by atoms with E-state index in [1.807, 2.05) is 0 Å². The Morgan fingerprint density at radius 1 is 0.882 bits per heavy atom. The molecule has 0 saturated carbocycles. The number of benzene rings is 2. The smallest absolute Gasteiger partial charge is 0.0494 e. The van der Waals surface area contributed by atoms with Gasteiger partial charge in [0.2, 0.25) is 0 Å². The van der Waals surface area contributed by atoms with Crippen LogP contribution in [0.15, 0.2) is 60.8 Å². The van der Waals surface area contributed by atoms with E-state index in [4.69, 9.17) is 0 Å². The summed E-state index contributed by atoms with van der Waals surface area (Å²) in [6.45, 7) is 0.935. The zero-order chi connectivity index (χ0) is 11.7. The molecular formula is C15H12IN. The molecule has 0 aliphatic rings. The van der Waals surface area contributed by atoms with Crippen LogP contribution in [0.1, 0.15) is 5.56 Å². The van der Waals surface area contributed by atoms with E-state index in [9.17, 15) is 0 Å². The third-order valence-electron chi connectivity index (χ3n) is 2.96. The molecule has 1 heterocycles. The molecule has 0 aliphatic carbocycles. The molecule has 0 unspecified atom stereocenters. The number of rotatable bonds is 2. The highest BCUT2D eigenvalue weighted by atomic mass is 127. The molecule has 0 bridgehead atoms. The van der Waals surface area contributed by atoms with Crippen LogP contribution >= 0.6 is 22.6 Å². The van der Waals surface area contributed by atoms with Crippen molar-refractivity contribution in [3.05, 3.63) is 69.9 Å². The van der Waals surface area contributed by atoms with Crippen LogP contribution < -0.4 is 0 Å². The number of hydrogen-bond donors (Lipinski definition) is 0. The van der Waals surface area contributed by atoms with Crippen molar-refractivity contribution in [3.8, 4) is 0 Å². The minimum atomic E-state index is 0.935. The summed E-state index contributed by atoms with van der Waals surface area (Å²) in [4.78, 5) is 0. The topological polar surface area (TPSA) is 4.93 Å². The average Bonchev–Trinajstić information content (AvgIpc) is 2.76. The summed E-state index contributed by atoms with van der Waals surface area (Å²) in [6, 6.07) is 19.2. The highest BCUT2D eigenvalue weighted by Crippen LogP contribution is 2.22. The lowest BCUT2D eigenvalue weighted by molar-refractivity contribution is 0.837. The molecule has 17 heavy (non-hydrogen) atoms. The van der Waals surface area contributed by atoms with Crippen molar-refractivity contribution < 1.29 is 0 Å². The lowest BCUT2D eigenvalue weighted by atomic mass is 10.2. The van der Waals surface area contributed by atoms with Gasteiger partial charge in [-0.3, -0.25) is 0 Å². The molecule has 0 aliphatic heterocycles. The minimum absolute atomic E-state index is 0.935. The van der Waals surface area contributed by atoms with Gasteiger partial charge in [-0.2, -0.15) is 0 Å². The Kier molecular flexibility index (Phi) is 2.89. The Bertz CT molecular complexity index is 640. The predicted molar refractivity (Wildman–Crippen MR) is 80.2 cm³/mol. The molecule has 0 radical (unpaired) electrons. The summed E-state index contributed by atoms with van der Waals surface area (Å²) in [5.74, 6) is 0. The van der Waals surface area contributed by atoms with Crippen molar-refractivity contribution in [3.63, 3.8) is 0 Å². The third-order valence-corrected chi connectivity index (χ3v) is 3.90. The van der Waals surface area contributed by atoms with E-state index < -0.39 is 0 Å². The first kappa shape index (κ1) is 10.8. The first-order valence-corrected chi connectivity index (χ1v) is 6.70. The zero-order valence-corrected chi connectivity index (χ0v) is 11.5. The van der Waals surface area contributed by atoms with Crippen LogP contribution in [0, 0.1) is 3.57 Å². The normalized spacial score (nSPS) is 10.9. The van der Waals surface area contributed by atoms with E-state index in [1.165, 1.54) is 20.0 Å². The second-order valence-electron chi connectivity index (χ2n) is 4.10. The van der Waals surface area contributed by atoms with E-state index in [2.05, 4.69) is 88.0 Å². The van der Waals surface area contributed by atoms with E-state index in [0.717, 1.165) is 6.54 Å². The van der Waals surface area contributed by atoms with Crippen LogP contribution in [-0.4, -0.2) is 4.57 Å². The van der Waals surface area contributed by atoms with Gasteiger partial charge in [-0.1, -0.05) is 36.4 Å². The van der Waals surface area contributed by atoms with Crippen molar-refractivity contribution >= 4 is 33.5 Å². The van der Waals surface area contributed by atoms with Crippen molar-refractivity contribution in [2.75, 3.05) is 0 Å². The maximum absolute atomic E-state index is 2.39. The lowest BCUT2D eigenvalue weighted by Crippen LogP contribution is -1.97. The van der Waals surface area contributed by atoms with Gasteiger partial charge in [0.05, 0.1) is 0 Å². The highest BCUT2D eigenvalue weighted by molar-refractivity contribution is 14.1. The Morgan fingerprint density at radius 2 is 1.71 bits per heavy atom. The maximum atomic E-state index is 2.39. The first-order valence-electron chi connectivity index (χ1n) is 5.62. The second kappa shape index (κ2) is 4.53. The molecule has 3 aromatic rings. The number of halogens is 1. The van der Waals surface area contributed by atoms with Crippen LogP contribution in [0.25, 0.3) is 10.9 Å². The van der Waals surface area contributed by atoms with E-state index in [1.54, 1.807) is 0 Å². The van der Waals surface area contributed by atoms with Gasteiger partial charge in [0.1, 0.15) is 0 Å². The Morgan fingerprint density at radius 3 is 2.53 bits per heavy atom. The molecule has 0 N–H and O–H groups in total. The summed E-state index contributed by atoms with van der Waals surface area (Å²) in [5, 5.41) is 1.34. The van der Waals surface area contributed by atoms with Crippen molar-refractivity contribution in [1.29, 1.82) is 0 Å². The van der Waals surface area contributed by atoms with Gasteiger partial charge in [-0.25, -0.2) is 0 Å². The van der Waals surface area contributed by atoms with Gasteiger partial charge in [0.15, 0.2) is 0 Å². The summed E-state index contributed by atoms with van der Waals surface area (Å²) in [6.07, 6.45) is 2.17. The number of fused-ring (bicyclic) bond motifs is 1. The van der Waals surface area contributed by atoms with E-state index >= 15 is 0 Å². The van der Waals surface area contributed by atoms with Crippen LogP contribution in [0.5, 0.6) is 0 Å². The van der Waals surface area contributed by atoms with Crippen LogP contribution in [0.4, 0.5) is 0 Å². The molecule has 0 amide bonds. The van der Waals surface area contributed by atoms with Gasteiger partial charge in [0.25, 0.3) is 0 Å². The second-order valence-corrected chi connectivity index (χ2v) is 5.26. The molecule has 1 nitrogen and oxygen atoms in total. The standard InChI is InChI=1S/C15H12IN/c16-14-7-4-8-15-13(14)9-10-17(15)11-12-5-2-1-3-6-12/h1-10H,11H2. The average molecular weight is 333 g/mol. The van der Waals surface area contributed by atoms with Gasteiger partial charge < -0.3 is 4.57 Å². The molecule has 2 aromatic carbocycles. The lowest BCUT2D eigenvalue weighted by Gasteiger charge is -2.05. The fraction of sp³-hybridized carbons (Fsp3) is 0.0667. The molecule has 0 fully saturated rings. The summed E-state index contributed by atoms with van der Waals surface area (Å²) < 4.78 is 3.61. The number of nitrogens with zero attached hydrogens (tertiary/aromatic N) is 1. The monoisotopic (exact) mass is 333 g/mol. The Labute approximate surface area is 114 Å². The molecule has 0 atom stereocenters. The van der Waals surface area contributed by atoms with Crippen LogP contribution in [0.3, 0.4) is 0 Å². The number of hydrogen-bond acceptors (Lipinski definition) is 0. The van der Waals surface area contributed by atoms with E-state index in [-0.39, 0.29) is 0 Å². The molecular weight excluding hydrogens is 321 g/mol. The molecule has 84 valence electrons. The van der Waals surface area contributed by atoms with Gasteiger partial charge >= 0.3 is 0 Å². The van der Waals surface area contributed by atoms with Crippen molar-refractivity contribution in [1.82, 2.24) is 4.57 Å². The van der Waals surface area contributed by atoms with Gasteiger partial charge in [-0.15, -0.1) is 0 Å². The van der Waals surface area contributed by atoms with Crippen molar-refractivity contribution in [2.45, 2.75) is 6.54 Å². The molecule has 2 heteroatoms. The molecule has 0 saturated heterocycles. The molecule has 1 aromatic heterocycles. The first-order chi connectivity index (χ1) is 8.34. The molecule has 0 spiro atoms. The summed E-state index contributed by atoms with van der Waals surface area (Å²) >= 11 is 2.39. The Balaban J connectivity index is 2.05. The molecule has 3 rings (SSSR count). The van der Waals surface area contributed by atoms with Crippen molar-refractivity contribution in [2.24, 2.45) is 0 Å². The van der Waals surface area contributed by atoms with E-state index in [0.29, 0.717) is 0 Å². The largest absolute Gasteiger partial charge is 0.343 e.